The van der Waals surface area contributed by atoms with Gasteiger partial charge in [-0.2, -0.15) is 0 Å². The number of nitrogens with zero attached hydrogens (tertiary/aromatic N) is 2. The van der Waals surface area contributed by atoms with Crippen molar-refractivity contribution in [2.24, 2.45) is 16.8 Å². The number of amidine groups is 1. The van der Waals surface area contributed by atoms with E-state index in [4.69, 9.17) is 10.6 Å². The summed E-state index contributed by atoms with van der Waals surface area (Å²) in [5.41, 5.74) is 6.50. The van der Waals surface area contributed by atoms with Crippen LogP contribution in [-0.4, -0.2) is 16.7 Å². The summed E-state index contributed by atoms with van der Waals surface area (Å²) in [4.78, 5) is 26.7. The maximum Gasteiger partial charge on any atom is 0.335 e. The molecule has 0 spiro atoms. The van der Waals surface area contributed by atoms with Crippen LogP contribution in [0.25, 0.3) is 0 Å². The average Bonchev–Trinajstić information content (AvgIpc) is 2.54. The summed E-state index contributed by atoms with van der Waals surface area (Å²) >= 11 is 0. The van der Waals surface area contributed by atoms with Crippen molar-refractivity contribution in [2.75, 3.05) is 0 Å². The first-order valence-electron chi connectivity index (χ1n) is 7.80. The molecular weight excluding hydrogens is 298 g/mol. The van der Waals surface area contributed by atoms with E-state index in [1.807, 2.05) is 0 Å². The van der Waals surface area contributed by atoms with Gasteiger partial charge in [0.15, 0.2) is 0 Å². The van der Waals surface area contributed by atoms with Gasteiger partial charge < -0.3 is 10.6 Å². The Morgan fingerprint density at radius 2 is 1.91 bits per heavy atom. The fourth-order valence-electron chi connectivity index (χ4n) is 2.75. The number of hydrogen-bond acceptors (Lipinski definition) is 5. The number of nitrogens with two attached hydrogens (primary N) is 1. The van der Waals surface area contributed by atoms with Gasteiger partial charge in [-0.05, 0) is 24.3 Å². The third kappa shape index (κ3) is 5.69. The lowest BCUT2D eigenvalue weighted by Gasteiger charge is -2.19. The van der Waals surface area contributed by atoms with Crippen LogP contribution in [0.2, 0.25) is 0 Å². The standard InChI is InChI=1S/C16H21N3O4/c17-15(10-13-6-8-14(9-7-13)19(21)22)18-23-16(20)11-12-4-2-1-3-5-12/h6-9,12H,1-5,10-11H2,(H2,17,18). The Morgan fingerprint density at radius 1 is 1.26 bits per heavy atom. The largest absolute Gasteiger partial charge is 0.384 e. The van der Waals surface area contributed by atoms with Crippen molar-refractivity contribution >= 4 is 17.5 Å². The molecule has 0 amide bonds. The number of carbonyl (C=O) groups excluding carboxylic acids is 1. The van der Waals surface area contributed by atoms with Crippen LogP contribution in [0.15, 0.2) is 29.4 Å². The fraction of sp³-hybridized carbons (Fsp3) is 0.500. The summed E-state index contributed by atoms with van der Waals surface area (Å²) in [7, 11) is 0. The molecule has 0 saturated heterocycles. The highest BCUT2D eigenvalue weighted by molar-refractivity contribution is 5.83. The number of oxime groups is 1. The van der Waals surface area contributed by atoms with E-state index in [0.29, 0.717) is 12.3 Å². The van der Waals surface area contributed by atoms with E-state index in [-0.39, 0.29) is 23.9 Å². The van der Waals surface area contributed by atoms with Crippen LogP contribution in [0.3, 0.4) is 0 Å². The topological polar surface area (TPSA) is 108 Å². The molecule has 0 aromatic heterocycles. The summed E-state index contributed by atoms with van der Waals surface area (Å²) in [5, 5.41) is 14.2. The van der Waals surface area contributed by atoms with Crippen LogP contribution in [0.4, 0.5) is 5.69 Å². The van der Waals surface area contributed by atoms with Crippen molar-refractivity contribution in [3.05, 3.63) is 39.9 Å². The van der Waals surface area contributed by atoms with Gasteiger partial charge in [-0.3, -0.25) is 10.1 Å². The van der Waals surface area contributed by atoms with Gasteiger partial charge >= 0.3 is 5.97 Å². The van der Waals surface area contributed by atoms with Crippen molar-refractivity contribution in [3.8, 4) is 0 Å². The first-order chi connectivity index (χ1) is 11.0. The maximum atomic E-state index is 11.7. The van der Waals surface area contributed by atoms with Crippen LogP contribution < -0.4 is 5.73 Å². The van der Waals surface area contributed by atoms with E-state index >= 15 is 0 Å². The second-order valence-corrected chi connectivity index (χ2v) is 5.85. The monoisotopic (exact) mass is 319 g/mol. The zero-order chi connectivity index (χ0) is 16.7. The Kier molecular flexibility index (Phi) is 6.08. The second kappa shape index (κ2) is 8.26. The Bertz CT molecular complexity index is 577. The highest BCUT2D eigenvalue weighted by Crippen LogP contribution is 2.26. The van der Waals surface area contributed by atoms with Crippen molar-refractivity contribution in [1.29, 1.82) is 0 Å². The van der Waals surface area contributed by atoms with Gasteiger partial charge in [-0.25, -0.2) is 4.79 Å². The highest BCUT2D eigenvalue weighted by Gasteiger charge is 2.18. The van der Waals surface area contributed by atoms with E-state index < -0.39 is 4.92 Å². The minimum atomic E-state index is -0.464. The molecule has 1 fully saturated rings. The van der Waals surface area contributed by atoms with Gasteiger partial charge in [-0.15, -0.1) is 0 Å². The van der Waals surface area contributed by atoms with E-state index in [9.17, 15) is 14.9 Å². The molecule has 0 radical (unpaired) electrons. The third-order valence-electron chi connectivity index (χ3n) is 3.98. The van der Waals surface area contributed by atoms with E-state index in [2.05, 4.69) is 5.16 Å². The van der Waals surface area contributed by atoms with Crippen LogP contribution in [-0.2, 0) is 16.1 Å². The molecule has 0 atom stereocenters. The van der Waals surface area contributed by atoms with Gasteiger partial charge in [0.2, 0.25) is 0 Å². The van der Waals surface area contributed by atoms with Crippen LogP contribution in [0, 0.1) is 16.0 Å². The lowest BCUT2D eigenvalue weighted by atomic mass is 9.87. The number of non-ortho nitro benzene ring substituents is 1. The number of nitro benzene ring substituents is 1. The molecule has 0 unspecified atom stereocenters. The van der Waals surface area contributed by atoms with Gasteiger partial charge in [0.25, 0.3) is 5.69 Å². The Hall–Kier alpha value is -2.44. The van der Waals surface area contributed by atoms with Crippen molar-refractivity contribution in [2.45, 2.75) is 44.9 Å². The van der Waals surface area contributed by atoms with Gasteiger partial charge in [0.1, 0.15) is 5.84 Å². The Balaban J connectivity index is 1.79. The average molecular weight is 319 g/mol. The number of hydrogen-bond donors (Lipinski definition) is 1. The molecule has 1 saturated carbocycles. The molecule has 7 nitrogen and oxygen atoms in total. The molecule has 0 aliphatic heterocycles. The number of rotatable bonds is 6. The first-order valence-corrected chi connectivity index (χ1v) is 7.80. The quantitative estimate of drug-likeness (QED) is 0.285. The summed E-state index contributed by atoms with van der Waals surface area (Å²) in [6.45, 7) is 0. The predicted molar refractivity (Wildman–Crippen MR) is 85.7 cm³/mol. The summed E-state index contributed by atoms with van der Waals surface area (Å²) in [6, 6.07) is 6.00. The van der Waals surface area contributed by atoms with Crippen LogP contribution >= 0.6 is 0 Å². The molecule has 2 rings (SSSR count). The van der Waals surface area contributed by atoms with Crippen LogP contribution in [0.1, 0.15) is 44.1 Å². The van der Waals surface area contributed by atoms with E-state index in [0.717, 1.165) is 18.4 Å². The highest BCUT2D eigenvalue weighted by atomic mass is 16.7. The van der Waals surface area contributed by atoms with Gasteiger partial charge in [-0.1, -0.05) is 36.6 Å². The zero-order valence-electron chi connectivity index (χ0n) is 12.9. The minimum Gasteiger partial charge on any atom is -0.384 e. The normalized spacial score (nSPS) is 16.1. The summed E-state index contributed by atoms with van der Waals surface area (Å²) in [6.07, 6.45) is 6.37. The molecule has 1 aliphatic carbocycles. The molecule has 0 heterocycles. The molecule has 7 heteroatoms. The summed E-state index contributed by atoms with van der Waals surface area (Å²) in [5.74, 6) is 0.196. The van der Waals surface area contributed by atoms with E-state index in [1.54, 1.807) is 12.1 Å². The van der Waals surface area contributed by atoms with Gasteiger partial charge in [0.05, 0.1) is 11.3 Å². The smallest absolute Gasteiger partial charge is 0.335 e. The Labute approximate surface area is 134 Å². The molecule has 2 N–H and O–H groups in total. The molecule has 23 heavy (non-hydrogen) atoms. The van der Waals surface area contributed by atoms with Crippen molar-refractivity contribution in [3.63, 3.8) is 0 Å². The first kappa shape index (κ1) is 16.9. The van der Waals surface area contributed by atoms with Crippen molar-refractivity contribution in [1.82, 2.24) is 0 Å². The molecular formula is C16H21N3O4. The summed E-state index contributed by atoms with van der Waals surface area (Å²) < 4.78 is 0. The number of nitro groups is 1. The van der Waals surface area contributed by atoms with Gasteiger partial charge in [0, 0.05) is 18.6 Å². The SMILES string of the molecule is N/C(Cc1ccc([N+](=O)[O-])cc1)=N\OC(=O)CC1CCCCC1. The fourth-order valence-corrected chi connectivity index (χ4v) is 2.75. The molecule has 1 aromatic rings. The minimum absolute atomic E-state index is 0.0168. The van der Waals surface area contributed by atoms with Crippen LogP contribution in [0.5, 0.6) is 0 Å². The predicted octanol–water partition coefficient (Wildman–Crippen LogP) is 2.92. The van der Waals surface area contributed by atoms with E-state index in [1.165, 1.54) is 31.4 Å². The Morgan fingerprint density at radius 3 is 2.52 bits per heavy atom. The second-order valence-electron chi connectivity index (χ2n) is 5.85. The molecule has 1 aliphatic rings. The molecule has 1 aromatic carbocycles. The lowest BCUT2D eigenvalue weighted by molar-refractivity contribution is -0.384. The maximum absolute atomic E-state index is 11.7. The molecule has 0 bridgehead atoms. The number of benzene rings is 1. The number of carbonyl (C=O) groups is 1. The lowest BCUT2D eigenvalue weighted by Crippen LogP contribution is -2.18. The third-order valence-corrected chi connectivity index (χ3v) is 3.98. The molecule has 124 valence electrons. The van der Waals surface area contributed by atoms with Crippen molar-refractivity contribution < 1.29 is 14.6 Å². The zero-order valence-corrected chi connectivity index (χ0v) is 12.9.